The first-order valence-electron chi connectivity index (χ1n) is 6.86. The zero-order valence-corrected chi connectivity index (χ0v) is 13.7. The Balaban J connectivity index is 0.00000441. The molecule has 1 unspecified atom stereocenters. The maximum absolute atomic E-state index is 11.6. The Morgan fingerprint density at radius 2 is 1.86 bits per heavy atom. The van der Waals surface area contributed by atoms with Crippen LogP contribution in [0.25, 0.3) is 0 Å². The molecule has 0 aliphatic heterocycles. The highest BCUT2D eigenvalue weighted by Gasteiger charge is 2.05. The normalized spacial score (nSPS) is 11.0. The number of carbonyl (C=O) groups excluding carboxylic acids is 2. The van der Waals surface area contributed by atoms with Crippen LogP contribution >= 0.6 is 12.4 Å². The summed E-state index contributed by atoms with van der Waals surface area (Å²) in [6, 6.07) is 6.98. The van der Waals surface area contributed by atoms with Gasteiger partial charge in [-0.05, 0) is 37.6 Å². The number of methoxy groups -OCH3 is 1. The monoisotopic (exact) mass is 330 g/mol. The Morgan fingerprint density at radius 3 is 2.41 bits per heavy atom. The number of amides is 1. The van der Waals surface area contributed by atoms with Gasteiger partial charge in [0.05, 0.1) is 20.1 Å². The van der Waals surface area contributed by atoms with Crippen LogP contribution in [0.2, 0.25) is 0 Å². The molecule has 0 fully saturated rings. The topological polar surface area (TPSA) is 90.6 Å². The van der Waals surface area contributed by atoms with Gasteiger partial charge in [-0.1, -0.05) is 0 Å². The maximum atomic E-state index is 11.6. The number of benzene rings is 1. The summed E-state index contributed by atoms with van der Waals surface area (Å²) in [6.07, 6.45) is 1.25. The fourth-order valence-corrected chi connectivity index (χ4v) is 1.57. The molecule has 0 aromatic heterocycles. The molecule has 0 aliphatic rings. The molecule has 1 amide bonds. The van der Waals surface area contributed by atoms with Crippen LogP contribution in [0.4, 0.5) is 5.69 Å². The van der Waals surface area contributed by atoms with Crippen molar-refractivity contribution in [2.75, 3.05) is 19.0 Å². The Kier molecular flexibility index (Phi) is 9.98. The lowest BCUT2D eigenvalue weighted by molar-refractivity contribution is -0.141. The summed E-state index contributed by atoms with van der Waals surface area (Å²) >= 11 is 0. The lowest BCUT2D eigenvalue weighted by Crippen LogP contribution is -2.19. The van der Waals surface area contributed by atoms with Gasteiger partial charge >= 0.3 is 5.97 Å². The van der Waals surface area contributed by atoms with E-state index in [0.29, 0.717) is 24.3 Å². The number of nitrogens with one attached hydrogen (secondary N) is 1. The van der Waals surface area contributed by atoms with Crippen LogP contribution in [0.3, 0.4) is 0 Å². The lowest BCUT2D eigenvalue weighted by Gasteiger charge is -2.09. The Morgan fingerprint density at radius 1 is 1.23 bits per heavy atom. The van der Waals surface area contributed by atoms with Crippen LogP contribution < -0.4 is 15.8 Å². The summed E-state index contributed by atoms with van der Waals surface area (Å²) in [5, 5.41) is 2.78. The first-order valence-corrected chi connectivity index (χ1v) is 6.86. The van der Waals surface area contributed by atoms with Crippen molar-refractivity contribution < 1.29 is 19.1 Å². The number of hydrogen-bond donors (Lipinski definition) is 2. The van der Waals surface area contributed by atoms with Crippen LogP contribution in [0.1, 0.15) is 26.2 Å². The van der Waals surface area contributed by atoms with Gasteiger partial charge in [0, 0.05) is 18.2 Å². The van der Waals surface area contributed by atoms with Crippen LogP contribution in [0.15, 0.2) is 24.3 Å². The smallest absolute Gasteiger partial charge is 0.308 e. The van der Waals surface area contributed by atoms with E-state index < -0.39 is 0 Å². The van der Waals surface area contributed by atoms with Crippen LogP contribution in [-0.2, 0) is 14.3 Å². The summed E-state index contributed by atoms with van der Waals surface area (Å²) < 4.78 is 9.90. The van der Waals surface area contributed by atoms with Gasteiger partial charge in [0.25, 0.3) is 0 Å². The highest BCUT2D eigenvalue weighted by molar-refractivity contribution is 5.90. The van der Waals surface area contributed by atoms with Crippen molar-refractivity contribution in [3.8, 4) is 5.75 Å². The number of anilines is 1. The molecule has 1 aromatic carbocycles. The van der Waals surface area contributed by atoms with Crippen molar-refractivity contribution in [3.05, 3.63) is 24.3 Å². The summed E-state index contributed by atoms with van der Waals surface area (Å²) in [6.45, 7) is 2.13. The average molecular weight is 331 g/mol. The van der Waals surface area contributed by atoms with Crippen molar-refractivity contribution in [3.63, 3.8) is 0 Å². The van der Waals surface area contributed by atoms with E-state index in [-0.39, 0.29) is 43.4 Å². The molecule has 0 aliphatic carbocycles. The van der Waals surface area contributed by atoms with E-state index in [4.69, 9.17) is 10.5 Å². The first-order chi connectivity index (χ1) is 10.0. The van der Waals surface area contributed by atoms with E-state index in [0.717, 1.165) is 0 Å². The Labute approximate surface area is 136 Å². The summed E-state index contributed by atoms with van der Waals surface area (Å²) in [5.41, 5.74) is 6.30. The Hall–Kier alpha value is -1.79. The number of rotatable bonds is 8. The third-order valence-corrected chi connectivity index (χ3v) is 2.77. The Bertz CT molecular complexity index is 463. The predicted molar refractivity (Wildman–Crippen MR) is 87.3 cm³/mol. The molecule has 7 heteroatoms. The lowest BCUT2D eigenvalue weighted by atomic mass is 10.2. The summed E-state index contributed by atoms with van der Waals surface area (Å²) in [5.74, 6) is 0.257. The third kappa shape index (κ3) is 8.49. The van der Waals surface area contributed by atoms with Crippen LogP contribution in [0, 0.1) is 0 Å². The van der Waals surface area contributed by atoms with E-state index in [1.165, 1.54) is 7.11 Å². The predicted octanol–water partition coefficient (Wildman–Crippen LogP) is 2.12. The van der Waals surface area contributed by atoms with Gasteiger partial charge < -0.3 is 20.5 Å². The molecule has 22 heavy (non-hydrogen) atoms. The van der Waals surface area contributed by atoms with Crippen LogP contribution in [0.5, 0.6) is 5.75 Å². The van der Waals surface area contributed by atoms with E-state index in [1.54, 1.807) is 24.3 Å². The van der Waals surface area contributed by atoms with Gasteiger partial charge in [0.1, 0.15) is 5.75 Å². The van der Waals surface area contributed by atoms with Crippen molar-refractivity contribution in [1.29, 1.82) is 0 Å². The zero-order chi connectivity index (χ0) is 15.7. The quantitative estimate of drug-likeness (QED) is 0.712. The summed E-state index contributed by atoms with van der Waals surface area (Å²) in [7, 11) is 1.34. The second-order valence-electron chi connectivity index (χ2n) is 4.76. The van der Waals surface area contributed by atoms with E-state index in [9.17, 15) is 9.59 Å². The number of esters is 1. The van der Waals surface area contributed by atoms with E-state index in [2.05, 4.69) is 10.1 Å². The van der Waals surface area contributed by atoms with Gasteiger partial charge in [-0.25, -0.2) is 0 Å². The molecule has 1 aromatic rings. The van der Waals surface area contributed by atoms with Crippen LogP contribution in [-0.4, -0.2) is 31.6 Å². The third-order valence-electron chi connectivity index (χ3n) is 2.77. The van der Waals surface area contributed by atoms with E-state index in [1.807, 2.05) is 6.92 Å². The molecular formula is C15H23ClN2O4. The second-order valence-corrected chi connectivity index (χ2v) is 4.76. The molecule has 0 bridgehead atoms. The molecular weight excluding hydrogens is 308 g/mol. The van der Waals surface area contributed by atoms with Crippen molar-refractivity contribution in [2.24, 2.45) is 5.73 Å². The minimum Gasteiger partial charge on any atom is -0.493 e. The first kappa shape index (κ1) is 20.2. The standard InChI is InChI=1S/C15H22N2O4.ClH/c1-11(16)3-8-14(18)17-12-4-6-13(7-5-12)21-10-9-15(19)20-2;/h4-7,11H,3,8-10,16H2,1-2H3,(H,17,18);1H. The molecule has 124 valence electrons. The molecule has 1 rings (SSSR count). The van der Waals surface area contributed by atoms with Crippen molar-refractivity contribution >= 4 is 30.0 Å². The second kappa shape index (κ2) is 10.9. The molecule has 0 heterocycles. The van der Waals surface area contributed by atoms with Gasteiger partial charge in [-0.15, -0.1) is 12.4 Å². The highest BCUT2D eigenvalue weighted by atomic mass is 35.5. The highest BCUT2D eigenvalue weighted by Crippen LogP contribution is 2.16. The molecule has 3 N–H and O–H groups in total. The number of halogens is 1. The van der Waals surface area contributed by atoms with Crippen molar-refractivity contribution in [1.82, 2.24) is 0 Å². The number of ether oxygens (including phenoxy) is 2. The fraction of sp³-hybridized carbons (Fsp3) is 0.467. The zero-order valence-electron chi connectivity index (χ0n) is 12.8. The van der Waals surface area contributed by atoms with Gasteiger partial charge in [-0.2, -0.15) is 0 Å². The minimum absolute atomic E-state index is 0. The molecule has 0 spiro atoms. The molecule has 0 saturated heterocycles. The van der Waals surface area contributed by atoms with Gasteiger partial charge in [0.2, 0.25) is 5.91 Å². The SMILES string of the molecule is COC(=O)CCOc1ccc(NC(=O)CCC(C)N)cc1.Cl. The van der Waals surface area contributed by atoms with Gasteiger partial charge in [-0.3, -0.25) is 9.59 Å². The number of nitrogens with two attached hydrogens (primary N) is 1. The number of carbonyl (C=O) groups is 2. The number of hydrogen-bond acceptors (Lipinski definition) is 5. The molecule has 1 atom stereocenters. The van der Waals surface area contributed by atoms with E-state index >= 15 is 0 Å². The maximum Gasteiger partial charge on any atom is 0.308 e. The largest absolute Gasteiger partial charge is 0.493 e. The summed E-state index contributed by atoms with van der Waals surface area (Å²) in [4.78, 5) is 22.6. The molecule has 0 radical (unpaired) electrons. The van der Waals surface area contributed by atoms with Crippen molar-refractivity contribution in [2.45, 2.75) is 32.2 Å². The fourth-order valence-electron chi connectivity index (χ4n) is 1.57. The molecule has 0 saturated carbocycles. The van der Waals surface area contributed by atoms with Gasteiger partial charge in [0.15, 0.2) is 0 Å². The minimum atomic E-state index is -0.312. The molecule has 6 nitrogen and oxygen atoms in total. The average Bonchev–Trinajstić information content (AvgIpc) is 2.46.